The summed E-state index contributed by atoms with van der Waals surface area (Å²) in [6, 6.07) is 1.81. The van der Waals surface area contributed by atoms with Crippen molar-refractivity contribution in [2.24, 2.45) is 0 Å². The van der Waals surface area contributed by atoms with Crippen molar-refractivity contribution < 1.29 is 4.79 Å². The third kappa shape index (κ3) is 1.37. The number of pyridine rings is 1. The van der Waals surface area contributed by atoms with E-state index >= 15 is 0 Å². The number of hydrogen-bond acceptors (Lipinski definition) is 2. The summed E-state index contributed by atoms with van der Waals surface area (Å²) >= 11 is 0. The van der Waals surface area contributed by atoms with Gasteiger partial charge in [-0.2, -0.15) is 0 Å². The lowest BCUT2D eigenvalue weighted by Gasteiger charge is -2.21. The zero-order chi connectivity index (χ0) is 9.26. The fourth-order valence-corrected chi connectivity index (χ4v) is 2.05. The van der Waals surface area contributed by atoms with Crippen LogP contribution in [0, 0.1) is 0 Å². The van der Waals surface area contributed by atoms with E-state index in [1.165, 1.54) is 18.4 Å². The van der Waals surface area contributed by atoms with Crippen LogP contribution in [0.25, 0.3) is 0 Å². The highest BCUT2D eigenvalue weighted by atomic mass is 16.1. The van der Waals surface area contributed by atoms with Gasteiger partial charge < -0.3 is 0 Å². The fraction of sp³-hybridized carbons (Fsp3) is 0.455. The second kappa shape index (κ2) is 3.29. The Labute approximate surface area is 78.0 Å². The molecule has 0 N–H and O–H groups in total. The number of rotatable bonds is 1. The molecule has 0 saturated heterocycles. The minimum atomic E-state index is 0.517. The molecular weight excluding hydrogens is 162 g/mol. The van der Waals surface area contributed by atoms with Crippen molar-refractivity contribution in [2.45, 2.75) is 32.1 Å². The van der Waals surface area contributed by atoms with E-state index in [0.29, 0.717) is 5.92 Å². The smallest absolute Gasteiger partial charge is 0.150 e. The SMILES string of the molecule is CC1CCCc2c(C=O)ccnc21. The van der Waals surface area contributed by atoms with Gasteiger partial charge in [0.05, 0.1) is 0 Å². The first kappa shape index (κ1) is 8.42. The van der Waals surface area contributed by atoms with Gasteiger partial charge in [-0.25, -0.2) is 0 Å². The first-order valence-electron chi connectivity index (χ1n) is 4.76. The maximum Gasteiger partial charge on any atom is 0.150 e. The van der Waals surface area contributed by atoms with Crippen molar-refractivity contribution in [1.29, 1.82) is 0 Å². The maximum absolute atomic E-state index is 10.8. The highest BCUT2D eigenvalue weighted by Gasteiger charge is 2.19. The van der Waals surface area contributed by atoms with Crippen molar-refractivity contribution in [1.82, 2.24) is 4.98 Å². The molecule has 0 fully saturated rings. The summed E-state index contributed by atoms with van der Waals surface area (Å²) in [5, 5.41) is 0. The molecule has 0 radical (unpaired) electrons. The number of aldehydes is 1. The van der Waals surface area contributed by atoms with E-state index < -0.39 is 0 Å². The molecule has 68 valence electrons. The van der Waals surface area contributed by atoms with Crippen LogP contribution >= 0.6 is 0 Å². The molecule has 2 heteroatoms. The molecular formula is C11H13NO. The van der Waals surface area contributed by atoms with Crippen molar-refractivity contribution in [3.05, 3.63) is 29.1 Å². The Hall–Kier alpha value is -1.18. The lowest BCUT2D eigenvalue weighted by atomic mass is 9.86. The lowest BCUT2D eigenvalue weighted by Crippen LogP contribution is -2.11. The first-order chi connectivity index (χ1) is 6.33. The first-order valence-corrected chi connectivity index (χ1v) is 4.76. The van der Waals surface area contributed by atoms with Crippen LogP contribution in [0.4, 0.5) is 0 Å². The number of fused-ring (bicyclic) bond motifs is 1. The Morgan fingerprint density at radius 1 is 1.62 bits per heavy atom. The predicted octanol–water partition coefficient (Wildman–Crippen LogP) is 2.33. The van der Waals surface area contributed by atoms with E-state index in [4.69, 9.17) is 0 Å². The van der Waals surface area contributed by atoms with Crippen molar-refractivity contribution in [3.8, 4) is 0 Å². The zero-order valence-electron chi connectivity index (χ0n) is 7.79. The quantitative estimate of drug-likeness (QED) is 0.613. The van der Waals surface area contributed by atoms with Crippen LogP contribution < -0.4 is 0 Å². The zero-order valence-corrected chi connectivity index (χ0v) is 7.79. The highest BCUT2D eigenvalue weighted by molar-refractivity contribution is 5.77. The number of nitrogens with zero attached hydrogens (tertiary/aromatic N) is 1. The molecule has 0 aliphatic heterocycles. The predicted molar refractivity (Wildman–Crippen MR) is 51.0 cm³/mol. The summed E-state index contributed by atoms with van der Waals surface area (Å²) in [6.07, 6.45) is 6.08. The number of carbonyl (C=O) groups excluding carboxylic acids is 1. The summed E-state index contributed by atoms with van der Waals surface area (Å²) in [6.45, 7) is 2.18. The van der Waals surface area contributed by atoms with Crippen LogP contribution in [0.5, 0.6) is 0 Å². The van der Waals surface area contributed by atoms with Gasteiger partial charge in [-0.3, -0.25) is 9.78 Å². The molecule has 0 spiro atoms. The van der Waals surface area contributed by atoms with Crippen molar-refractivity contribution >= 4 is 6.29 Å². The van der Waals surface area contributed by atoms with Gasteiger partial charge in [0.2, 0.25) is 0 Å². The van der Waals surface area contributed by atoms with Crippen LogP contribution in [0.2, 0.25) is 0 Å². The van der Waals surface area contributed by atoms with Gasteiger partial charge in [-0.15, -0.1) is 0 Å². The summed E-state index contributed by atoms with van der Waals surface area (Å²) in [4.78, 5) is 15.1. The molecule has 0 saturated carbocycles. The Morgan fingerprint density at radius 3 is 3.23 bits per heavy atom. The van der Waals surface area contributed by atoms with Gasteiger partial charge in [0.1, 0.15) is 6.29 Å². The molecule has 1 unspecified atom stereocenters. The minimum absolute atomic E-state index is 0.517. The minimum Gasteiger partial charge on any atom is -0.298 e. The lowest BCUT2D eigenvalue weighted by molar-refractivity contribution is 0.112. The third-order valence-electron chi connectivity index (χ3n) is 2.78. The Morgan fingerprint density at radius 2 is 2.46 bits per heavy atom. The molecule has 2 nitrogen and oxygen atoms in total. The molecule has 1 aliphatic carbocycles. The Balaban J connectivity index is 2.54. The van der Waals surface area contributed by atoms with Crippen LogP contribution in [-0.2, 0) is 6.42 Å². The summed E-state index contributed by atoms with van der Waals surface area (Å²) in [7, 11) is 0. The van der Waals surface area contributed by atoms with E-state index in [9.17, 15) is 4.79 Å². The van der Waals surface area contributed by atoms with E-state index in [1.807, 2.05) is 6.07 Å². The van der Waals surface area contributed by atoms with Gasteiger partial charge in [0.15, 0.2) is 0 Å². The standard InChI is InChI=1S/C11H13NO/c1-8-3-2-4-10-9(7-13)5-6-12-11(8)10/h5-8H,2-4H2,1H3. The highest BCUT2D eigenvalue weighted by Crippen LogP contribution is 2.30. The Kier molecular flexibility index (Phi) is 2.13. The number of carbonyl (C=O) groups is 1. The molecule has 1 atom stereocenters. The largest absolute Gasteiger partial charge is 0.298 e. The van der Waals surface area contributed by atoms with E-state index in [-0.39, 0.29) is 0 Å². The molecule has 0 bridgehead atoms. The van der Waals surface area contributed by atoms with E-state index in [0.717, 1.165) is 24.0 Å². The third-order valence-corrected chi connectivity index (χ3v) is 2.78. The van der Waals surface area contributed by atoms with Gasteiger partial charge in [0, 0.05) is 17.5 Å². The monoisotopic (exact) mass is 175 g/mol. The van der Waals surface area contributed by atoms with Crippen molar-refractivity contribution in [2.75, 3.05) is 0 Å². The summed E-state index contributed by atoms with van der Waals surface area (Å²) < 4.78 is 0. The number of hydrogen-bond donors (Lipinski definition) is 0. The molecule has 2 rings (SSSR count). The second-order valence-corrected chi connectivity index (χ2v) is 3.68. The average molecular weight is 175 g/mol. The summed E-state index contributed by atoms with van der Waals surface area (Å²) in [5.74, 6) is 0.517. The van der Waals surface area contributed by atoms with Crippen LogP contribution in [0.3, 0.4) is 0 Å². The van der Waals surface area contributed by atoms with Crippen LogP contribution in [0.15, 0.2) is 12.3 Å². The molecule has 1 aliphatic rings. The molecule has 1 heterocycles. The van der Waals surface area contributed by atoms with Gasteiger partial charge in [-0.1, -0.05) is 6.92 Å². The van der Waals surface area contributed by atoms with Gasteiger partial charge in [0.25, 0.3) is 0 Å². The second-order valence-electron chi connectivity index (χ2n) is 3.68. The van der Waals surface area contributed by atoms with Crippen LogP contribution in [-0.4, -0.2) is 11.3 Å². The molecule has 1 aromatic rings. The molecule has 0 aromatic carbocycles. The topological polar surface area (TPSA) is 30.0 Å². The Bertz CT molecular complexity index is 333. The van der Waals surface area contributed by atoms with Crippen molar-refractivity contribution in [3.63, 3.8) is 0 Å². The summed E-state index contributed by atoms with van der Waals surface area (Å²) in [5.41, 5.74) is 3.14. The molecule has 1 aromatic heterocycles. The molecule has 13 heavy (non-hydrogen) atoms. The maximum atomic E-state index is 10.8. The average Bonchev–Trinajstić information content (AvgIpc) is 2.18. The van der Waals surface area contributed by atoms with Gasteiger partial charge in [-0.05, 0) is 36.8 Å². The van der Waals surface area contributed by atoms with Gasteiger partial charge >= 0.3 is 0 Å². The van der Waals surface area contributed by atoms with E-state index in [1.54, 1.807) is 6.20 Å². The van der Waals surface area contributed by atoms with E-state index in [2.05, 4.69) is 11.9 Å². The normalized spacial score (nSPS) is 20.8. The molecule has 0 amide bonds. The number of aromatic nitrogens is 1. The fourth-order valence-electron chi connectivity index (χ4n) is 2.05. The van der Waals surface area contributed by atoms with Crippen LogP contribution in [0.1, 0.15) is 47.3 Å².